The molecule has 0 saturated heterocycles. The van der Waals surface area contributed by atoms with Crippen LogP contribution in [0.5, 0.6) is 0 Å². The zero-order valence-corrected chi connectivity index (χ0v) is 12.3. The van der Waals surface area contributed by atoms with Crippen molar-refractivity contribution >= 4 is 5.97 Å². The van der Waals surface area contributed by atoms with E-state index in [0.29, 0.717) is 12.1 Å². The van der Waals surface area contributed by atoms with Crippen LogP contribution < -0.4 is 10.9 Å². The Morgan fingerprint density at radius 2 is 2.00 bits per heavy atom. The minimum Gasteiger partial charge on any atom is -0.475 e. The van der Waals surface area contributed by atoms with Crippen molar-refractivity contribution in [2.75, 3.05) is 0 Å². The molecule has 5 nitrogen and oxygen atoms in total. The second-order valence-corrected chi connectivity index (χ2v) is 5.39. The SMILES string of the molecule is CC(C)NC1CCc2[nH]c(=O)ccc2C1.O=C(O)C(F)(F)F. The van der Waals surface area contributed by atoms with Crippen LogP contribution in [0.15, 0.2) is 16.9 Å². The number of aromatic amines is 1. The number of fused-ring (bicyclic) bond motifs is 1. The summed E-state index contributed by atoms with van der Waals surface area (Å²) in [7, 11) is 0. The predicted molar refractivity (Wildman–Crippen MR) is 74.8 cm³/mol. The maximum Gasteiger partial charge on any atom is 0.490 e. The normalized spacial score (nSPS) is 17.5. The molecule has 124 valence electrons. The van der Waals surface area contributed by atoms with Crippen molar-refractivity contribution in [1.82, 2.24) is 10.3 Å². The third kappa shape index (κ3) is 5.88. The number of halogens is 3. The van der Waals surface area contributed by atoms with Crippen molar-refractivity contribution in [3.05, 3.63) is 33.7 Å². The Morgan fingerprint density at radius 3 is 2.50 bits per heavy atom. The lowest BCUT2D eigenvalue weighted by Gasteiger charge is -2.26. The third-order valence-corrected chi connectivity index (χ3v) is 3.12. The van der Waals surface area contributed by atoms with E-state index in [1.165, 1.54) is 5.56 Å². The molecule has 1 aromatic heterocycles. The summed E-state index contributed by atoms with van der Waals surface area (Å²) in [6, 6.07) is 4.67. The molecular formula is C14H19F3N2O3. The van der Waals surface area contributed by atoms with E-state index in [9.17, 15) is 18.0 Å². The van der Waals surface area contributed by atoms with Gasteiger partial charge in [0.15, 0.2) is 0 Å². The maximum atomic E-state index is 11.1. The van der Waals surface area contributed by atoms with Gasteiger partial charge in [-0.15, -0.1) is 0 Å². The third-order valence-electron chi connectivity index (χ3n) is 3.12. The number of alkyl halides is 3. The summed E-state index contributed by atoms with van der Waals surface area (Å²) >= 11 is 0. The number of pyridine rings is 1. The summed E-state index contributed by atoms with van der Waals surface area (Å²) in [5, 5.41) is 10.7. The Morgan fingerprint density at radius 1 is 1.41 bits per heavy atom. The lowest BCUT2D eigenvalue weighted by molar-refractivity contribution is -0.192. The van der Waals surface area contributed by atoms with Crippen molar-refractivity contribution in [3.8, 4) is 0 Å². The molecule has 0 bridgehead atoms. The fraction of sp³-hybridized carbons (Fsp3) is 0.571. The van der Waals surface area contributed by atoms with Crippen LogP contribution in [0.4, 0.5) is 13.2 Å². The molecule has 3 N–H and O–H groups in total. The van der Waals surface area contributed by atoms with Gasteiger partial charge in [0, 0.05) is 23.8 Å². The first-order chi connectivity index (χ1) is 10.1. The average molecular weight is 320 g/mol. The fourth-order valence-corrected chi connectivity index (χ4v) is 2.26. The Bertz CT molecular complexity index is 567. The molecule has 1 aromatic rings. The van der Waals surface area contributed by atoms with Crippen LogP contribution in [0.2, 0.25) is 0 Å². The van der Waals surface area contributed by atoms with Crippen LogP contribution >= 0.6 is 0 Å². The van der Waals surface area contributed by atoms with Gasteiger partial charge in [0.2, 0.25) is 5.56 Å². The molecule has 0 saturated carbocycles. The van der Waals surface area contributed by atoms with Crippen LogP contribution in [0, 0.1) is 0 Å². The number of H-pyrrole nitrogens is 1. The van der Waals surface area contributed by atoms with Gasteiger partial charge in [-0.25, -0.2) is 4.79 Å². The van der Waals surface area contributed by atoms with Gasteiger partial charge in [0.05, 0.1) is 0 Å². The van der Waals surface area contributed by atoms with Crippen molar-refractivity contribution < 1.29 is 23.1 Å². The number of carboxylic acid groups (broad SMARTS) is 1. The molecule has 1 heterocycles. The molecule has 0 spiro atoms. The standard InChI is InChI=1S/C12H18N2O.C2HF3O2/c1-8(2)13-10-4-5-11-9(7-10)3-6-12(15)14-11;3-2(4,5)1(6)7/h3,6,8,10,13H,4-5,7H2,1-2H3,(H,14,15);(H,6,7). The summed E-state index contributed by atoms with van der Waals surface area (Å²) in [6.45, 7) is 4.34. The van der Waals surface area contributed by atoms with Gasteiger partial charge in [-0.2, -0.15) is 13.2 Å². The van der Waals surface area contributed by atoms with Gasteiger partial charge < -0.3 is 15.4 Å². The molecule has 0 aliphatic heterocycles. The smallest absolute Gasteiger partial charge is 0.475 e. The van der Waals surface area contributed by atoms with E-state index >= 15 is 0 Å². The number of aliphatic carboxylic acids is 1. The largest absolute Gasteiger partial charge is 0.490 e. The first kappa shape index (κ1) is 18.2. The number of carboxylic acids is 1. The first-order valence-electron chi connectivity index (χ1n) is 6.87. The molecule has 22 heavy (non-hydrogen) atoms. The van der Waals surface area contributed by atoms with Gasteiger partial charge >= 0.3 is 12.1 Å². The molecule has 1 aliphatic carbocycles. The van der Waals surface area contributed by atoms with Crippen LogP contribution in [0.1, 0.15) is 31.5 Å². The second kappa shape index (κ2) is 7.44. The minimum absolute atomic E-state index is 0.0176. The van der Waals surface area contributed by atoms with Crippen molar-refractivity contribution in [3.63, 3.8) is 0 Å². The van der Waals surface area contributed by atoms with E-state index in [4.69, 9.17) is 9.90 Å². The summed E-state index contributed by atoms with van der Waals surface area (Å²) < 4.78 is 31.7. The highest BCUT2D eigenvalue weighted by Gasteiger charge is 2.38. The second-order valence-electron chi connectivity index (χ2n) is 5.39. The van der Waals surface area contributed by atoms with Crippen LogP contribution in [-0.4, -0.2) is 34.3 Å². The van der Waals surface area contributed by atoms with E-state index in [0.717, 1.165) is 25.0 Å². The number of aryl methyl sites for hydroxylation is 1. The molecule has 0 amide bonds. The van der Waals surface area contributed by atoms with Gasteiger partial charge in [-0.05, 0) is 24.8 Å². The molecule has 2 rings (SSSR count). The van der Waals surface area contributed by atoms with E-state index in [1.807, 2.05) is 6.07 Å². The Kier molecular flexibility index (Phi) is 6.16. The Balaban J connectivity index is 0.000000295. The van der Waals surface area contributed by atoms with E-state index in [2.05, 4.69) is 24.1 Å². The number of rotatable bonds is 2. The fourth-order valence-electron chi connectivity index (χ4n) is 2.26. The lowest BCUT2D eigenvalue weighted by Crippen LogP contribution is -2.39. The quantitative estimate of drug-likeness (QED) is 0.777. The predicted octanol–water partition coefficient (Wildman–Crippen LogP) is 1.86. The average Bonchev–Trinajstić information content (AvgIpc) is 2.38. The van der Waals surface area contributed by atoms with E-state index < -0.39 is 12.1 Å². The number of nitrogens with one attached hydrogen (secondary N) is 2. The summed E-state index contributed by atoms with van der Waals surface area (Å²) in [5.41, 5.74) is 2.44. The Hall–Kier alpha value is -1.83. The monoisotopic (exact) mass is 320 g/mol. The number of hydrogen-bond donors (Lipinski definition) is 3. The summed E-state index contributed by atoms with van der Waals surface area (Å²) in [4.78, 5) is 22.9. The van der Waals surface area contributed by atoms with Gasteiger partial charge in [0.1, 0.15) is 0 Å². The van der Waals surface area contributed by atoms with Gasteiger partial charge in [0.25, 0.3) is 0 Å². The molecule has 8 heteroatoms. The first-order valence-corrected chi connectivity index (χ1v) is 6.87. The number of hydrogen-bond acceptors (Lipinski definition) is 3. The molecule has 0 fully saturated rings. The summed E-state index contributed by atoms with van der Waals surface area (Å²) in [6.07, 6.45) is -1.95. The Labute approximate surface area is 125 Å². The highest BCUT2D eigenvalue weighted by molar-refractivity contribution is 5.73. The molecule has 0 radical (unpaired) electrons. The van der Waals surface area contributed by atoms with Crippen LogP contribution in [0.25, 0.3) is 0 Å². The van der Waals surface area contributed by atoms with Gasteiger partial charge in [-0.1, -0.05) is 19.9 Å². The van der Waals surface area contributed by atoms with E-state index in [-0.39, 0.29) is 5.56 Å². The molecule has 1 unspecified atom stereocenters. The van der Waals surface area contributed by atoms with Crippen LogP contribution in [0.3, 0.4) is 0 Å². The zero-order chi connectivity index (χ0) is 16.9. The number of aromatic nitrogens is 1. The van der Waals surface area contributed by atoms with Crippen molar-refractivity contribution in [2.24, 2.45) is 0 Å². The molecule has 1 aliphatic rings. The van der Waals surface area contributed by atoms with Gasteiger partial charge in [-0.3, -0.25) is 4.79 Å². The van der Waals surface area contributed by atoms with Crippen LogP contribution in [-0.2, 0) is 17.6 Å². The molecule has 0 aromatic carbocycles. The molecular weight excluding hydrogens is 301 g/mol. The van der Waals surface area contributed by atoms with Crippen molar-refractivity contribution in [2.45, 2.75) is 51.4 Å². The lowest BCUT2D eigenvalue weighted by atomic mass is 9.91. The molecule has 1 atom stereocenters. The summed E-state index contributed by atoms with van der Waals surface area (Å²) in [5.74, 6) is -2.76. The maximum absolute atomic E-state index is 11.1. The highest BCUT2D eigenvalue weighted by Crippen LogP contribution is 2.18. The minimum atomic E-state index is -5.08. The number of carbonyl (C=O) groups is 1. The topological polar surface area (TPSA) is 82.2 Å². The zero-order valence-electron chi connectivity index (χ0n) is 12.3. The highest BCUT2D eigenvalue weighted by atomic mass is 19.4. The van der Waals surface area contributed by atoms with Crippen molar-refractivity contribution in [1.29, 1.82) is 0 Å². The van der Waals surface area contributed by atoms with E-state index in [1.54, 1.807) is 6.07 Å².